The average Bonchev–Trinajstić information content (AvgIpc) is 3.10. The Bertz CT molecular complexity index is 962. The summed E-state index contributed by atoms with van der Waals surface area (Å²) >= 11 is 7.91. The summed E-state index contributed by atoms with van der Waals surface area (Å²) in [5, 5.41) is 10.1. The summed E-state index contributed by atoms with van der Waals surface area (Å²) in [4.78, 5) is 4.06. The van der Waals surface area contributed by atoms with Crippen LogP contribution in [0.25, 0.3) is 11.4 Å². The fourth-order valence-corrected chi connectivity index (χ4v) is 3.96. The Kier molecular flexibility index (Phi) is 5.31. The first-order valence-corrected chi connectivity index (χ1v) is 9.78. The number of ether oxygens (including phenoxy) is 2. The zero-order valence-electron chi connectivity index (χ0n) is 14.5. The van der Waals surface area contributed by atoms with Crippen molar-refractivity contribution in [3.05, 3.63) is 59.9 Å². The van der Waals surface area contributed by atoms with Gasteiger partial charge < -0.3 is 9.47 Å². The first-order chi connectivity index (χ1) is 13.3. The van der Waals surface area contributed by atoms with Crippen molar-refractivity contribution < 1.29 is 9.47 Å². The third-order valence-electron chi connectivity index (χ3n) is 3.99. The molecule has 1 aromatic carbocycles. The second-order valence-corrected chi connectivity index (χ2v) is 7.18. The molecule has 3 aromatic rings. The Morgan fingerprint density at radius 1 is 1.19 bits per heavy atom. The Hall–Kier alpha value is -2.51. The van der Waals surface area contributed by atoms with Crippen LogP contribution < -0.4 is 9.47 Å². The van der Waals surface area contributed by atoms with E-state index in [0.29, 0.717) is 42.0 Å². The molecule has 4 rings (SSSR count). The summed E-state index contributed by atoms with van der Waals surface area (Å²) in [6, 6.07) is 7.70. The Balaban J connectivity index is 1.57. The summed E-state index contributed by atoms with van der Waals surface area (Å²) in [5.74, 6) is 2.78. The van der Waals surface area contributed by atoms with Crippen LogP contribution in [0.1, 0.15) is 5.56 Å². The minimum atomic E-state index is 0.517. The Morgan fingerprint density at radius 3 is 2.81 bits per heavy atom. The number of fused-ring (bicyclic) bond motifs is 1. The first-order valence-electron chi connectivity index (χ1n) is 8.41. The molecule has 3 heterocycles. The van der Waals surface area contributed by atoms with Crippen LogP contribution in [0.2, 0.25) is 5.02 Å². The molecule has 8 heteroatoms. The van der Waals surface area contributed by atoms with E-state index in [-0.39, 0.29) is 0 Å². The Labute approximate surface area is 166 Å². The predicted molar refractivity (Wildman–Crippen MR) is 105 cm³/mol. The van der Waals surface area contributed by atoms with Crippen molar-refractivity contribution in [1.29, 1.82) is 0 Å². The zero-order valence-corrected chi connectivity index (χ0v) is 16.0. The van der Waals surface area contributed by atoms with Crippen molar-refractivity contribution in [2.45, 2.75) is 17.5 Å². The van der Waals surface area contributed by atoms with Gasteiger partial charge in [0.25, 0.3) is 0 Å². The molecule has 27 heavy (non-hydrogen) atoms. The lowest BCUT2D eigenvalue weighted by molar-refractivity contribution is 0.171. The summed E-state index contributed by atoms with van der Waals surface area (Å²) in [6.45, 7) is 5.51. The van der Waals surface area contributed by atoms with E-state index in [0.717, 1.165) is 22.1 Å². The minimum absolute atomic E-state index is 0.517. The molecule has 0 unspecified atom stereocenters. The van der Waals surface area contributed by atoms with Gasteiger partial charge >= 0.3 is 0 Å². The maximum atomic E-state index is 6.33. The van der Waals surface area contributed by atoms with Crippen molar-refractivity contribution >= 4 is 23.4 Å². The van der Waals surface area contributed by atoms with E-state index in [2.05, 4.69) is 21.8 Å². The van der Waals surface area contributed by atoms with Crippen LogP contribution in [-0.4, -0.2) is 33.0 Å². The van der Waals surface area contributed by atoms with Gasteiger partial charge in [0.1, 0.15) is 13.2 Å². The molecule has 0 radical (unpaired) electrons. The highest BCUT2D eigenvalue weighted by molar-refractivity contribution is 7.98. The zero-order chi connectivity index (χ0) is 18.6. The monoisotopic (exact) mass is 400 g/mol. The highest BCUT2D eigenvalue weighted by Gasteiger charge is 2.18. The quantitative estimate of drug-likeness (QED) is 0.455. The molecule has 0 fully saturated rings. The van der Waals surface area contributed by atoms with Gasteiger partial charge in [-0.3, -0.25) is 9.55 Å². The maximum absolute atomic E-state index is 6.33. The van der Waals surface area contributed by atoms with Gasteiger partial charge in [-0.05, 0) is 29.8 Å². The van der Waals surface area contributed by atoms with Crippen LogP contribution in [0, 0.1) is 0 Å². The highest BCUT2D eigenvalue weighted by Crippen LogP contribution is 2.39. The van der Waals surface area contributed by atoms with Crippen molar-refractivity contribution in [3.8, 4) is 22.9 Å². The molecule has 0 saturated heterocycles. The third-order valence-corrected chi connectivity index (χ3v) is 5.31. The maximum Gasteiger partial charge on any atom is 0.192 e. The number of benzene rings is 1. The van der Waals surface area contributed by atoms with E-state index in [1.54, 1.807) is 24.2 Å². The van der Waals surface area contributed by atoms with Gasteiger partial charge in [0.15, 0.2) is 22.5 Å². The van der Waals surface area contributed by atoms with Crippen LogP contribution in [0.15, 0.2) is 54.5 Å². The van der Waals surface area contributed by atoms with Crippen LogP contribution in [0.4, 0.5) is 0 Å². The molecule has 0 aliphatic carbocycles. The number of rotatable bonds is 6. The number of thioether (sulfide) groups is 1. The molecule has 0 N–H and O–H groups in total. The standard InChI is InChI=1S/C19H17ClN4O2S/c1-2-7-24-18(14-3-5-21-6-4-14)22-23-19(24)27-12-13-10-15(20)17-16(11-13)25-8-9-26-17/h2-6,10-11H,1,7-9,12H2. The lowest BCUT2D eigenvalue weighted by Crippen LogP contribution is -2.15. The highest BCUT2D eigenvalue weighted by atomic mass is 35.5. The van der Waals surface area contributed by atoms with Gasteiger partial charge in [-0.25, -0.2) is 0 Å². The molecule has 1 aliphatic rings. The van der Waals surface area contributed by atoms with Crippen molar-refractivity contribution in [3.63, 3.8) is 0 Å². The fraction of sp³-hybridized carbons (Fsp3) is 0.211. The smallest absolute Gasteiger partial charge is 0.192 e. The van der Waals surface area contributed by atoms with Crippen LogP contribution in [-0.2, 0) is 12.3 Å². The second kappa shape index (κ2) is 8.02. The van der Waals surface area contributed by atoms with Gasteiger partial charge in [-0.2, -0.15) is 0 Å². The number of hydrogen-bond acceptors (Lipinski definition) is 6. The normalized spacial score (nSPS) is 12.8. The third kappa shape index (κ3) is 3.79. The van der Waals surface area contributed by atoms with Crippen LogP contribution in [0.5, 0.6) is 11.5 Å². The van der Waals surface area contributed by atoms with Gasteiger partial charge in [0.05, 0.1) is 5.02 Å². The van der Waals surface area contributed by atoms with E-state index >= 15 is 0 Å². The van der Waals surface area contributed by atoms with Gasteiger partial charge in [-0.15, -0.1) is 16.8 Å². The van der Waals surface area contributed by atoms with E-state index in [1.807, 2.05) is 34.9 Å². The molecule has 0 saturated carbocycles. The largest absolute Gasteiger partial charge is 0.486 e. The van der Waals surface area contributed by atoms with E-state index < -0.39 is 0 Å². The molecule has 0 bridgehead atoms. The minimum Gasteiger partial charge on any atom is -0.486 e. The number of aromatic nitrogens is 4. The first kappa shape index (κ1) is 17.9. The summed E-state index contributed by atoms with van der Waals surface area (Å²) < 4.78 is 13.3. The molecule has 1 aliphatic heterocycles. The predicted octanol–water partition coefficient (Wildman–Crippen LogP) is 4.24. The average molecular weight is 401 g/mol. The number of halogens is 1. The molecular formula is C19H17ClN4O2S. The molecule has 0 spiro atoms. The lowest BCUT2D eigenvalue weighted by atomic mass is 10.2. The second-order valence-electron chi connectivity index (χ2n) is 5.83. The van der Waals surface area contributed by atoms with Crippen LogP contribution in [0.3, 0.4) is 0 Å². The van der Waals surface area contributed by atoms with E-state index in [4.69, 9.17) is 21.1 Å². The van der Waals surface area contributed by atoms with E-state index in [9.17, 15) is 0 Å². The molecule has 138 valence electrons. The number of allylic oxidation sites excluding steroid dienone is 1. The van der Waals surface area contributed by atoms with Gasteiger partial charge in [0, 0.05) is 30.3 Å². The Morgan fingerprint density at radius 2 is 2.00 bits per heavy atom. The van der Waals surface area contributed by atoms with E-state index in [1.165, 1.54) is 0 Å². The summed E-state index contributed by atoms with van der Waals surface area (Å²) in [6.07, 6.45) is 5.32. The molecule has 2 aromatic heterocycles. The number of pyridine rings is 1. The SMILES string of the molecule is C=CCn1c(SCc2cc(Cl)c3c(c2)OCCO3)nnc1-c1ccncc1. The fourth-order valence-electron chi connectivity index (χ4n) is 2.80. The summed E-state index contributed by atoms with van der Waals surface area (Å²) in [7, 11) is 0. The van der Waals surface area contributed by atoms with Gasteiger partial charge in [-0.1, -0.05) is 29.4 Å². The van der Waals surface area contributed by atoms with Crippen molar-refractivity contribution in [2.24, 2.45) is 0 Å². The number of hydrogen-bond donors (Lipinski definition) is 0. The lowest BCUT2D eigenvalue weighted by Gasteiger charge is -2.20. The van der Waals surface area contributed by atoms with Crippen molar-refractivity contribution in [2.75, 3.05) is 13.2 Å². The van der Waals surface area contributed by atoms with Crippen molar-refractivity contribution in [1.82, 2.24) is 19.7 Å². The molecule has 0 atom stereocenters. The molecule has 0 amide bonds. The summed E-state index contributed by atoms with van der Waals surface area (Å²) in [5.41, 5.74) is 2.00. The molecule has 6 nitrogen and oxygen atoms in total. The van der Waals surface area contributed by atoms with Gasteiger partial charge in [0.2, 0.25) is 0 Å². The molecular weight excluding hydrogens is 384 g/mol. The van der Waals surface area contributed by atoms with Crippen LogP contribution >= 0.6 is 23.4 Å². The topological polar surface area (TPSA) is 62.1 Å². The number of nitrogens with zero attached hydrogens (tertiary/aromatic N) is 4.